The summed E-state index contributed by atoms with van der Waals surface area (Å²) in [5.41, 5.74) is 2.51. The summed E-state index contributed by atoms with van der Waals surface area (Å²) in [5.74, 6) is -0.418. The second-order valence-electron chi connectivity index (χ2n) is 8.77. The number of carbonyl (C=O) groups excluding carboxylic acids is 3. The lowest BCUT2D eigenvalue weighted by atomic mass is 9.94. The summed E-state index contributed by atoms with van der Waals surface area (Å²) in [6, 6.07) is 21.7. The Morgan fingerprint density at radius 3 is 2.14 bits per heavy atom. The number of rotatable bonds is 8. The second-order valence-corrected chi connectivity index (χ2v) is 8.77. The number of ether oxygens (including phenoxy) is 1. The molecule has 186 valence electrons. The Morgan fingerprint density at radius 2 is 1.50 bits per heavy atom. The minimum atomic E-state index is -0.766. The molecule has 0 radical (unpaired) electrons. The average molecular weight is 487 g/mol. The van der Waals surface area contributed by atoms with Crippen molar-refractivity contribution in [2.24, 2.45) is 5.92 Å². The molecule has 1 atom stereocenters. The molecule has 0 spiro atoms. The number of alkyl carbamates (subject to hydrolysis) is 1. The number of hydrogen-bond donors (Lipinski definition) is 2. The van der Waals surface area contributed by atoms with Gasteiger partial charge in [-0.25, -0.2) is 4.79 Å². The van der Waals surface area contributed by atoms with E-state index in [0.717, 1.165) is 11.1 Å². The standard InChI is InChI=1S/C28H30N4O4/c33-26(30-24-11-15-29-16-12-24)23-13-17-32(18-14-23)27(34)25(19-21-7-3-1-4-8-21)31-28(35)36-20-22-9-5-2-6-10-22/h1-12,15-16,23,25H,13-14,17-20H2,(H,31,35)(H,29,30,33)/t25-/m0/s1. The van der Waals surface area contributed by atoms with E-state index in [-0.39, 0.29) is 24.3 Å². The number of anilines is 1. The van der Waals surface area contributed by atoms with Gasteiger partial charge in [-0.05, 0) is 36.1 Å². The normalized spacial score (nSPS) is 14.5. The highest BCUT2D eigenvalue weighted by atomic mass is 16.5. The molecule has 2 aromatic carbocycles. The lowest BCUT2D eigenvalue weighted by molar-refractivity contribution is -0.136. The third kappa shape index (κ3) is 7.15. The topological polar surface area (TPSA) is 101 Å². The largest absolute Gasteiger partial charge is 0.445 e. The van der Waals surface area contributed by atoms with Gasteiger partial charge in [0.1, 0.15) is 12.6 Å². The maximum Gasteiger partial charge on any atom is 0.408 e. The predicted octanol–water partition coefficient (Wildman–Crippen LogP) is 3.80. The first kappa shape index (κ1) is 24.9. The fourth-order valence-corrected chi connectivity index (χ4v) is 4.22. The van der Waals surface area contributed by atoms with Gasteiger partial charge in [0.15, 0.2) is 0 Å². The van der Waals surface area contributed by atoms with Crippen molar-refractivity contribution in [3.8, 4) is 0 Å². The van der Waals surface area contributed by atoms with Crippen LogP contribution < -0.4 is 10.6 Å². The fraction of sp³-hybridized carbons (Fsp3) is 0.286. The summed E-state index contributed by atoms with van der Waals surface area (Å²) in [6.07, 6.45) is 4.07. The summed E-state index contributed by atoms with van der Waals surface area (Å²) >= 11 is 0. The van der Waals surface area contributed by atoms with Crippen LogP contribution in [0.1, 0.15) is 24.0 Å². The van der Waals surface area contributed by atoms with E-state index in [2.05, 4.69) is 15.6 Å². The fourth-order valence-electron chi connectivity index (χ4n) is 4.22. The van der Waals surface area contributed by atoms with Gasteiger partial charge in [0.2, 0.25) is 11.8 Å². The number of pyridine rings is 1. The van der Waals surface area contributed by atoms with Gasteiger partial charge in [0.25, 0.3) is 0 Å². The summed E-state index contributed by atoms with van der Waals surface area (Å²) in [5, 5.41) is 5.67. The van der Waals surface area contributed by atoms with E-state index in [1.54, 1.807) is 29.4 Å². The molecule has 8 heteroatoms. The molecule has 36 heavy (non-hydrogen) atoms. The SMILES string of the molecule is O=C(N[C@@H](Cc1ccccc1)C(=O)N1CCC(C(=O)Nc2ccncc2)CC1)OCc1ccccc1. The van der Waals surface area contributed by atoms with Crippen LogP contribution in [0.3, 0.4) is 0 Å². The number of likely N-dealkylation sites (tertiary alicyclic amines) is 1. The van der Waals surface area contributed by atoms with Crippen LogP contribution in [0.5, 0.6) is 0 Å². The van der Waals surface area contributed by atoms with Gasteiger partial charge in [-0.15, -0.1) is 0 Å². The number of hydrogen-bond acceptors (Lipinski definition) is 5. The minimum Gasteiger partial charge on any atom is -0.445 e. The predicted molar refractivity (Wildman–Crippen MR) is 136 cm³/mol. The molecule has 3 amide bonds. The Bertz CT molecular complexity index is 1130. The van der Waals surface area contributed by atoms with Crippen molar-refractivity contribution in [3.63, 3.8) is 0 Å². The molecule has 1 aliphatic rings. The maximum atomic E-state index is 13.4. The number of aromatic nitrogens is 1. The summed E-state index contributed by atoms with van der Waals surface area (Å²) < 4.78 is 5.36. The van der Waals surface area contributed by atoms with E-state index in [9.17, 15) is 14.4 Å². The van der Waals surface area contributed by atoms with Crippen molar-refractivity contribution in [3.05, 3.63) is 96.3 Å². The maximum absolute atomic E-state index is 13.4. The van der Waals surface area contributed by atoms with Crippen molar-refractivity contribution in [2.45, 2.75) is 31.9 Å². The van der Waals surface area contributed by atoms with E-state index >= 15 is 0 Å². The smallest absolute Gasteiger partial charge is 0.408 e. The Balaban J connectivity index is 1.34. The van der Waals surface area contributed by atoms with E-state index in [0.29, 0.717) is 38.0 Å². The van der Waals surface area contributed by atoms with Gasteiger partial charge in [-0.2, -0.15) is 0 Å². The van der Waals surface area contributed by atoms with Crippen LogP contribution in [-0.4, -0.2) is 46.9 Å². The lowest BCUT2D eigenvalue weighted by Crippen LogP contribution is -2.52. The zero-order chi connectivity index (χ0) is 25.2. The first-order valence-corrected chi connectivity index (χ1v) is 12.1. The first-order valence-electron chi connectivity index (χ1n) is 12.1. The third-order valence-electron chi connectivity index (χ3n) is 6.21. The van der Waals surface area contributed by atoms with Crippen LogP contribution in [0.15, 0.2) is 85.2 Å². The van der Waals surface area contributed by atoms with Crippen molar-refractivity contribution in [2.75, 3.05) is 18.4 Å². The van der Waals surface area contributed by atoms with Crippen molar-refractivity contribution < 1.29 is 19.1 Å². The van der Waals surface area contributed by atoms with E-state index in [1.165, 1.54) is 0 Å². The number of amides is 3. The molecule has 1 aliphatic heterocycles. The molecule has 0 aliphatic carbocycles. The molecular weight excluding hydrogens is 456 g/mol. The summed E-state index contributed by atoms with van der Waals surface area (Å²) in [4.78, 5) is 44.3. The van der Waals surface area contributed by atoms with Crippen molar-refractivity contribution >= 4 is 23.6 Å². The average Bonchev–Trinajstić information content (AvgIpc) is 2.93. The molecule has 2 heterocycles. The molecule has 0 saturated carbocycles. The lowest BCUT2D eigenvalue weighted by Gasteiger charge is -2.34. The highest BCUT2D eigenvalue weighted by Crippen LogP contribution is 2.21. The van der Waals surface area contributed by atoms with E-state index in [4.69, 9.17) is 4.74 Å². The first-order chi connectivity index (χ1) is 17.6. The van der Waals surface area contributed by atoms with Crippen LogP contribution in [0.25, 0.3) is 0 Å². The van der Waals surface area contributed by atoms with Crippen molar-refractivity contribution in [1.29, 1.82) is 0 Å². The molecule has 1 aromatic heterocycles. The van der Waals surface area contributed by atoms with Crippen molar-refractivity contribution in [1.82, 2.24) is 15.2 Å². The summed E-state index contributed by atoms with van der Waals surface area (Å²) in [7, 11) is 0. The van der Waals surface area contributed by atoms with Crippen LogP contribution >= 0.6 is 0 Å². The second kappa shape index (κ2) is 12.5. The van der Waals surface area contributed by atoms with E-state index < -0.39 is 12.1 Å². The zero-order valence-electron chi connectivity index (χ0n) is 20.0. The number of benzene rings is 2. The monoisotopic (exact) mass is 486 g/mol. The molecule has 2 N–H and O–H groups in total. The number of piperidine rings is 1. The van der Waals surface area contributed by atoms with Crippen LogP contribution in [0.4, 0.5) is 10.5 Å². The summed E-state index contributed by atoms with van der Waals surface area (Å²) in [6.45, 7) is 1.01. The van der Waals surface area contributed by atoms with Gasteiger partial charge in [-0.3, -0.25) is 14.6 Å². The molecule has 1 fully saturated rings. The van der Waals surface area contributed by atoms with Gasteiger partial charge in [0, 0.05) is 43.5 Å². The van der Waals surface area contributed by atoms with Gasteiger partial charge in [0.05, 0.1) is 0 Å². The van der Waals surface area contributed by atoms with Gasteiger partial charge < -0.3 is 20.3 Å². The molecule has 0 unspecified atom stereocenters. The third-order valence-corrected chi connectivity index (χ3v) is 6.21. The Hall–Kier alpha value is -4.20. The van der Waals surface area contributed by atoms with Crippen LogP contribution in [0, 0.1) is 5.92 Å². The number of nitrogens with one attached hydrogen (secondary N) is 2. The Morgan fingerprint density at radius 1 is 0.889 bits per heavy atom. The zero-order valence-corrected chi connectivity index (χ0v) is 20.0. The highest BCUT2D eigenvalue weighted by molar-refractivity contribution is 5.93. The van der Waals surface area contributed by atoms with Gasteiger partial charge >= 0.3 is 6.09 Å². The quantitative estimate of drug-likeness (QED) is 0.505. The van der Waals surface area contributed by atoms with Crippen LogP contribution in [0.2, 0.25) is 0 Å². The Kier molecular flexibility index (Phi) is 8.64. The number of nitrogens with zero attached hydrogens (tertiary/aromatic N) is 2. The molecule has 4 rings (SSSR count). The Labute approximate surface area is 210 Å². The minimum absolute atomic E-state index is 0.0586. The molecular formula is C28H30N4O4. The van der Waals surface area contributed by atoms with Gasteiger partial charge in [-0.1, -0.05) is 60.7 Å². The highest BCUT2D eigenvalue weighted by Gasteiger charge is 2.32. The molecule has 1 saturated heterocycles. The van der Waals surface area contributed by atoms with Crippen LogP contribution in [-0.2, 0) is 27.4 Å². The molecule has 0 bridgehead atoms. The van der Waals surface area contributed by atoms with E-state index in [1.807, 2.05) is 60.7 Å². The number of carbonyl (C=O) groups is 3. The molecule has 8 nitrogen and oxygen atoms in total. The molecule has 3 aromatic rings.